The predicted octanol–water partition coefficient (Wildman–Crippen LogP) is 2.92. The van der Waals surface area contributed by atoms with Crippen LogP contribution in [0.1, 0.15) is 31.2 Å². The molecule has 88 valence electrons. The predicted molar refractivity (Wildman–Crippen MR) is 69.6 cm³/mol. The average Bonchev–Trinajstić information content (AvgIpc) is 2.27. The molecular formula is C14H22N2. The van der Waals surface area contributed by atoms with Crippen molar-refractivity contribution in [3.8, 4) is 0 Å². The van der Waals surface area contributed by atoms with E-state index in [1.807, 2.05) is 0 Å². The third kappa shape index (κ3) is 3.24. The van der Waals surface area contributed by atoms with Gasteiger partial charge in [0, 0.05) is 18.3 Å². The average molecular weight is 218 g/mol. The van der Waals surface area contributed by atoms with E-state index >= 15 is 0 Å². The number of anilines is 1. The quantitative estimate of drug-likeness (QED) is 0.818. The fourth-order valence-corrected chi connectivity index (χ4v) is 2.54. The lowest BCUT2D eigenvalue weighted by molar-refractivity contribution is 0.335. The fourth-order valence-electron chi connectivity index (χ4n) is 2.54. The number of rotatable bonds is 3. The normalized spacial score (nSPS) is 25.4. The molecule has 0 aromatic heterocycles. The Balaban J connectivity index is 1.82. The van der Waals surface area contributed by atoms with Crippen LogP contribution in [0.2, 0.25) is 0 Å². The highest BCUT2D eigenvalue weighted by Crippen LogP contribution is 2.23. The van der Waals surface area contributed by atoms with Crippen LogP contribution in [0.5, 0.6) is 0 Å². The molecular weight excluding hydrogens is 196 g/mol. The second-order valence-corrected chi connectivity index (χ2v) is 5.04. The number of nitrogens with one attached hydrogen (secondary N) is 1. The standard InChI is InChI=1S/C14H22N2/c1-11-4-2-7-14(8-11)16-10-12-5-3-6-13(15)9-12/h2,4,7-8,12-13,16H,3,5-6,9-10,15H2,1H3. The van der Waals surface area contributed by atoms with Crippen molar-refractivity contribution in [1.29, 1.82) is 0 Å². The van der Waals surface area contributed by atoms with Crippen molar-refractivity contribution >= 4 is 5.69 Å². The van der Waals surface area contributed by atoms with Crippen LogP contribution in [-0.2, 0) is 0 Å². The molecule has 2 unspecified atom stereocenters. The molecule has 0 heterocycles. The number of hydrogen-bond donors (Lipinski definition) is 2. The van der Waals surface area contributed by atoms with Gasteiger partial charge in [0.15, 0.2) is 0 Å². The van der Waals surface area contributed by atoms with Gasteiger partial charge in [-0.2, -0.15) is 0 Å². The lowest BCUT2D eigenvalue weighted by atomic mass is 9.86. The zero-order chi connectivity index (χ0) is 11.4. The molecule has 1 saturated carbocycles. The summed E-state index contributed by atoms with van der Waals surface area (Å²) in [6.45, 7) is 3.19. The van der Waals surface area contributed by atoms with Crippen molar-refractivity contribution in [2.75, 3.05) is 11.9 Å². The maximum absolute atomic E-state index is 5.99. The first-order chi connectivity index (χ1) is 7.74. The van der Waals surface area contributed by atoms with E-state index in [2.05, 4.69) is 36.5 Å². The van der Waals surface area contributed by atoms with E-state index in [-0.39, 0.29) is 0 Å². The van der Waals surface area contributed by atoms with E-state index in [0.717, 1.165) is 12.5 Å². The molecule has 0 saturated heterocycles. The second kappa shape index (κ2) is 5.35. The Kier molecular flexibility index (Phi) is 3.83. The highest BCUT2D eigenvalue weighted by atomic mass is 14.9. The van der Waals surface area contributed by atoms with E-state index < -0.39 is 0 Å². The van der Waals surface area contributed by atoms with Crippen molar-refractivity contribution in [2.24, 2.45) is 11.7 Å². The first-order valence-electron chi connectivity index (χ1n) is 6.30. The monoisotopic (exact) mass is 218 g/mol. The van der Waals surface area contributed by atoms with E-state index in [9.17, 15) is 0 Å². The van der Waals surface area contributed by atoms with Gasteiger partial charge in [-0.15, -0.1) is 0 Å². The minimum Gasteiger partial charge on any atom is -0.385 e. The summed E-state index contributed by atoms with van der Waals surface area (Å²) in [5, 5.41) is 3.52. The largest absolute Gasteiger partial charge is 0.385 e. The first kappa shape index (κ1) is 11.5. The molecule has 2 atom stereocenters. The van der Waals surface area contributed by atoms with Crippen LogP contribution < -0.4 is 11.1 Å². The smallest absolute Gasteiger partial charge is 0.0342 e. The van der Waals surface area contributed by atoms with Crippen molar-refractivity contribution in [2.45, 2.75) is 38.6 Å². The highest BCUT2D eigenvalue weighted by Gasteiger charge is 2.18. The molecule has 2 heteroatoms. The summed E-state index contributed by atoms with van der Waals surface area (Å²) in [7, 11) is 0. The van der Waals surface area contributed by atoms with Crippen LogP contribution >= 0.6 is 0 Å². The van der Waals surface area contributed by atoms with Gasteiger partial charge in [0.25, 0.3) is 0 Å². The molecule has 2 nitrogen and oxygen atoms in total. The Labute approximate surface area is 98.2 Å². The van der Waals surface area contributed by atoms with Gasteiger partial charge in [-0.3, -0.25) is 0 Å². The molecule has 1 aromatic carbocycles. The maximum Gasteiger partial charge on any atom is 0.0342 e. The van der Waals surface area contributed by atoms with Gasteiger partial charge in [-0.25, -0.2) is 0 Å². The van der Waals surface area contributed by atoms with E-state index in [0.29, 0.717) is 6.04 Å². The van der Waals surface area contributed by atoms with E-state index in [4.69, 9.17) is 5.73 Å². The highest BCUT2D eigenvalue weighted by molar-refractivity contribution is 5.45. The summed E-state index contributed by atoms with van der Waals surface area (Å²) in [4.78, 5) is 0. The van der Waals surface area contributed by atoms with Gasteiger partial charge in [-0.1, -0.05) is 18.6 Å². The summed E-state index contributed by atoms with van der Waals surface area (Å²) >= 11 is 0. The number of hydrogen-bond acceptors (Lipinski definition) is 2. The molecule has 0 spiro atoms. The van der Waals surface area contributed by atoms with Gasteiger partial charge in [-0.05, 0) is 49.8 Å². The summed E-state index contributed by atoms with van der Waals surface area (Å²) in [5.41, 5.74) is 8.54. The van der Waals surface area contributed by atoms with Crippen LogP contribution in [0.3, 0.4) is 0 Å². The minimum absolute atomic E-state index is 0.429. The van der Waals surface area contributed by atoms with E-state index in [1.165, 1.54) is 36.9 Å². The Morgan fingerprint density at radius 1 is 1.38 bits per heavy atom. The number of benzene rings is 1. The van der Waals surface area contributed by atoms with Crippen LogP contribution in [0, 0.1) is 12.8 Å². The maximum atomic E-state index is 5.99. The Hall–Kier alpha value is -1.02. The third-order valence-electron chi connectivity index (χ3n) is 3.44. The summed E-state index contributed by atoms with van der Waals surface area (Å²) in [6, 6.07) is 8.99. The lowest BCUT2D eigenvalue weighted by Crippen LogP contribution is -2.30. The van der Waals surface area contributed by atoms with Gasteiger partial charge in [0.2, 0.25) is 0 Å². The first-order valence-corrected chi connectivity index (χ1v) is 6.30. The molecule has 3 N–H and O–H groups in total. The van der Waals surface area contributed by atoms with Crippen LogP contribution in [0.25, 0.3) is 0 Å². The number of aryl methyl sites for hydroxylation is 1. The molecule has 1 aromatic rings. The zero-order valence-corrected chi connectivity index (χ0v) is 10.1. The second-order valence-electron chi connectivity index (χ2n) is 5.04. The Morgan fingerprint density at radius 2 is 2.25 bits per heavy atom. The summed E-state index contributed by atoms with van der Waals surface area (Å²) in [5.74, 6) is 0.754. The van der Waals surface area contributed by atoms with Crippen molar-refractivity contribution in [3.63, 3.8) is 0 Å². The molecule has 1 aliphatic rings. The van der Waals surface area contributed by atoms with Gasteiger partial charge >= 0.3 is 0 Å². The number of nitrogens with two attached hydrogens (primary N) is 1. The Morgan fingerprint density at radius 3 is 3.00 bits per heavy atom. The van der Waals surface area contributed by atoms with Crippen LogP contribution in [0.15, 0.2) is 24.3 Å². The van der Waals surface area contributed by atoms with Gasteiger partial charge in [0.1, 0.15) is 0 Å². The molecule has 1 aliphatic carbocycles. The summed E-state index contributed by atoms with van der Waals surface area (Å²) < 4.78 is 0. The minimum atomic E-state index is 0.429. The molecule has 1 fully saturated rings. The molecule has 0 amide bonds. The molecule has 16 heavy (non-hydrogen) atoms. The fraction of sp³-hybridized carbons (Fsp3) is 0.571. The summed E-state index contributed by atoms with van der Waals surface area (Å²) in [6.07, 6.45) is 5.01. The van der Waals surface area contributed by atoms with Crippen LogP contribution in [-0.4, -0.2) is 12.6 Å². The SMILES string of the molecule is Cc1cccc(NCC2CCCC(N)C2)c1. The van der Waals surface area contributed by atoms with Crippen molar-refractivity contribution in [1.82, 2.24) is 0 Å². The van der Waals surface area contributed by atoms with Crippen LogP contribution in [0.4, 0.5) is 5.69 Å². The van der Waals surface area contributed by atoms with Crippen molar-refractivity contribution in [3.05, 3.63) is 29.8 Å². The molecule has 0 aliphatic heterocycles. The van der Waals surface area contributed by atoms with E-state index in [1.54, 1.807) is 0 Å². The molecule has 0 radical (unpaired) electrons. The third-order valence-corrected chi connectivity index (χ3v) is 3.44. The van der Waals surface area contributed by atoms with Gasteiger partial charge < -0.3 is 11.1 Å². The lowest BCUT2D eigenvalue weighted by Gasteiger charge is -2.27. The molecule has 0 bridgehead atoms. The topological polar surface area (TPSA) is 38.0 Å². The Bertz CT molecular complexity index is 335. The zero-order valence-electron chi connectivity index (χ0n) is 10.1. The molecule has 2 rings (SSSR count). The van der Waals surface area contributed by atoms with Crippen molar-refractivity contribution < 1.29 is 0 Å². The van der Waals surface area contributed by atoms with Gasteiger partial charge in [0.05, 0.1) is 0 Å².